The van der Waals surface area contributed by atoms with Crippen molar-refractivity contribution in [2.75, 3.05) is 6.54 Å². The molecule has 0 radical (unpaired) electrons. The Hall–Kier alpha value is -2.47. The zero-order valence-corrected chi connectivity index (χ0v) is 12.0. The van der Waals surface area contributed by atoms with Crippen molar-refractivity contribution in [2.45, 2.75) is 13.0 Å². The number of benzene rings is 1. The van der Waals surface area contributed by atoms with Crippen LogP contribution in [0.5, 0.6) is 0 Å². The van der Waals surface area contributed by atoms with E-state index in [1.54, 1.807) is 11.0 Å². The van der Waals surface area contributed by atoms with Gasteiger partial charge in [-0.1, -0.05) is 18.2 Å². The van der Waals surface area contributed by atoms with Gasteiger partial charge in [0.25, 0.3) is 0 Å². The Morgan fingerprint density at radius 2 is 1.95 bits per heavy atom. The molecule has 0 amide bonds. The highest BCUT2D eigenvalue weighted by molar-refractivity contribution is 5.30. The maximum absolute atomic E-state index is 4.55. The number of nitrogens with one attached hydrogen (secondary N) is 1. The molecule has 2 aromatic heterocycles. The summed E-state index contributed by atoms with van der Waals surface area (Å²) < 4.78 is 3.61. The monoisotopic (exact) mass is 282 g/mol. The molecule has 0 unspecified atom stereocenters. The first-order valence-electron chi connectivity index (χ1n) is 6.96. The molecule has 0 aliphatic heterocycles. The maximum Gasteiger partial charge on any atom is 0.151 e. The molecule has 2 heterocycles. The number of nitrogens with zero attached hydrogens (tertiary/aromatic N) is 5. The molecule has 0 bridgehead atoms. The van der Waals surface area contributed by atoms with E-state index in [0.717, 1.165) is 36.7 Å². The van der Waals surface area contributed by atoms with Gasteiger partial charge in [0.2, 0.25) is 0 Å². The highest BCUT2D eigenvalue weighted by Gasteiger charge is 2.02. The van der Waals surface area contributed by atoms with Crippen molar-refractivity contribution in [3.05, 3.63) is 60.4 Å². The molecular formula is C15H18N6. The third kappa shape index (κ3) is 3.55. The number of aryl methyl sites for hydroxylation is 1. The van der Waals surface area contributed by atoms with E-state index >= 15 is 0 Å². The van der Waals surface area contributed by atoms with Crippen LogP contribution in [0.1, 0.15) is 11.5 Å². The normalized spacial score (nSPS) is 10.9. The second kappa shape index (κ2) is 6.32. The maximum atomic E-state index is 4.55. The van der Waals surface area contributed by atoms with E-state index in [0.29, 0.717) is 0 Å². The molecule has 3 rings (SSSR count). The van der Waals surface area contributed by atoms with Crippen LogP contribution in [0.15, 0.2) is 48.9 Å². The molecule has 108 valence electrons. The highest BCUT2D eigenvalue weighted by atomic mass is 15.3. The third-order valence-corrected chi connectivity index (χ3v) is 3.14. The van der Waals surface area contributed by atoms with Gasteiger partial charge >= 0.3 is 0 Å². The van der Waals surface area contributed by atoms with Crippen LogP contribution in [0.2, 0.25) is 0 Å². The molecule has 3 aromatic rings. The van der Waals surface area contributed by atoms with Crippen molar-refractivity contribution in [1.29, 1.82) is 0 Å². The predicted octanol–water partition coefficient (Wildman–Crippen LogP) is 1.33. The van der Waals surface area contributed by atoms with Crippen molar-refractivity contribution in [2.24, 2.45) is 7.05 Å². The summed E-state index contributed by atoms with van der Waals surface area (Å²) in [7, 11) is 1.88. The summed E-state index contributed by atoms with van der Waals surface area (Å²) in [4.78, 5) is 4.20. The molecule has 0 saturated heterocycles. The minimum atomic E-state index is 0.743. The second-order valence-corrected chi connectivity index (χ2v) is 4.85. The number of hydrogen-bond donors (Lipinski definition) is 1. The fraction of sp³-hybridized carbons (Fsp3) is 0.267. The van der Waals surface area contributed by atoms with Gasteiger partial charge in [-0.25, -0.2) is 9.67 Å². The molecule has 0 aliphatic rings. The van der Waals surface area contributed by atoms with Crippen molar-refractivity contribution in [1.82, 2.24) is 29.9 Å². The zero-order valence-electron chi connectivity index (χ0n) is 12.0. The van der Waals surface area contributed by atoms with Gasteiger partial charge in [0.15, 0.2) is 5.82 Å². The van der Waals surface area contributed by atoms with E-state index in [2.05, 4.69) is 20.5 Å². The minimum absolute atomic E-state index is 0.743. The molecule has 0 aliphatic carbocycles. The van der Waals surface area contributed by atoms with Gasteiger partial charge in [0.05, 0.1) is 11.4 Å². The molecule has 6 nitrogen and oxygen atoms in total. The van der Waals surface area contributed by atoms with Crippen LogP contribution in [0.3, 0.4) is 0 Å². The van der Waals surface area contributed by atoms with E-state index in [1.165, 1.54) is 0 Å². The number of rotatable bonds is 6. The van der Waals surface area contributed by atoms with Gasteiger partial charge in [0, 0.05) is 32.8 Å². The highest BCUT2D eigenvalue weighted by Crippen LogP contribution is 2.06. The van der Waals surface area contributed by atoms with Crippen molar-refractivity contribution < 1.29 is 0 Å². The quantitative estimate of drug-likeness (QED) is 0.693. The van der Waals surface area contributed by atoms with Crippen LogP contribution in [-0.4, -0.2) is 31.1 Å². The van der Waals surface area contributed by atoms with E-state index in [-0.39, 0.29) is 0 Å². The number of aromatic nitrogens is 5. The van der Waals surface area contributed by atoms with Crippen LogP contribution in [0.4, 0.5) is 0 Å². The summed E-state index contributed by atoms with van der Waals surface area (Å²) in [6, 6.07) is 12.1. The van der Waals surface area contributed by atoms with Gasteiger partial charge < -0.3 is 5.32 Å². The van der Waals surface area contributed by atoms with Gasteiger partial charge in [-0.05, 0) is 18.2 Å². The summed E-state index contributed by atoms with van der Waals surface area (Å²) >= 11 is 0. The minimum Gasteiger partial charge on any atom is -0.311 e. The lowest BCUT2D eigenvalue weighted by Crippen LogP contribution is -2.17. The Morgan fingerprint density at radius 1 is 1.10 bits per heavy atom. The zero-order chi connectivity index (χ0) is 14.5. The van der Waals surface area contributed by atoms with Gasteiger partial charge in [-0.3, -0.25) is 4.68 Å². The van der Waals surface area contributed by atoms with Crippen molar-refractivity contribution in [3.8, 4) is 5.69 Å². The van der Waals surface area contributed by atoms with Gasteiger partial charge in [-0.15, -0.1) is 0 Å². The van der Waals surface area contributed by atoms with Crippen LogP contribution in [0, 0.1) is 0 Å². The predicted molar refractivity (Wildman–Crippen MR) is 80.0 cm³/mol. The lowest BCUT2D eigenvalue weighted by Gasteiger charge is -2.01. The van der Waals surface area contributed by atoms with Crippen LogP contribution in [-0.2, 0) is 20.0 Å². The largest absolute Gasteiger partial charge is 0.311 e. The molecule has 0 fully saturated rings. The van der Waals surface area contributed by atoms with Crippen molar-refractivity contribution >= 4 is 0 Å². The first-order chi connectivity index (χ1) is 10.3. The molecule has 0 saturated carbocycles. The Labute approximate surface area is 123 Å². The number of hydrogen-bond acceptors (Lipinski definition) is 4. The Kier molecular flexibility index (Phi) is 4.07. The third-order valence-electron chi connectivity index (χ3n) is 3.14. The van der Waals surface area contributed by atoms with Crippen molar-refractivity contribution in [3.63, 3.8) is 0 Å². The van der Waals surface area contributed by atoms with Crippen LogP contribution >= 0.6 is 0 Å². The molecule has 1 N–H and O–H groups in total. The molecule has 6 heteroatoms. The second-order valence-electron chi connectivity index (χ2n) is 4.85. The molecule has 1 aromatic carbocycles. The smallest absolute Gasteiger partial charge is 0.151 e. The van der Waals surface area contributed by atoms with Crippen LogP contribution in [0.25, 0.3) is 5.69 Å². The summed E-state index contributed by atoms with van der Waals surface area (Å²) in [5.41, 5.74) is 2.09. The van der Waals surface area contributed by atoms with E-state index < -0.39 is 0 Å². The standard InChI is InChI=1S/C15H18N6/c1-20-12-17-15(19-20)7-9-16-11-13-8-10-21(18-13)14-5-3-2-4-6-14/h2-6,8,10,12,16H,7,9,11H2,1H3. The van der Waals surface area contributed by atoms with Crippen LogP contribution < -0.4 is 5.32 Å². The topological polar surface area (TPSA) is 60.6 Å². The SMILES string of the molecule is Cn1cnc(CCNCc2ccn(-c3ccccc3)n2)n1. The molecule has 0 atom stereocenters. The average Bonchev–Trinajstić information content (AvgIpc) is 3.14. The van der Waals surface area contributed by atoms with E-state index in [9.17, 15) is 0 Å². The first-order valence-corrected chi connectivity index (χ1v) is 6.96. The molecular weight excluding hydrogens is 264 g/mol. The van der Waals surface area contributed by atoms with Gasteiger partial charge in [0.1, 0.15) is 6.33 Å². The molecule has 21 heavy (non-hydrogen) atoms. The molecule has 0 spiro atoms. The average molecular weight is 282 g/mol. The summed E-state index contributed by atoms with van der Waals surface area (Å²) in [5, 5.41) is 12.2. The lowest BCUT2D eigenvalue weighted by molar-refractivity contribution is 0.646. The Morgan fingerprint density at radius 3 is 2.71 bits per heavy atom. The fourth-order valence-corrected chi connectivity index (χ4v) is 2.10. The van der Waals surface area contributed by atoms with E-state index in [4.69, 9.17) is 0 Å². The lowest BCUT2D eigenvalue weighted by atomic mass is 10.3. The summed E-state index contributed by atoms with van der Waals surface area (Å²) in [6.45, 7) is 1.58. The first kappa shape index (κ1) is 13.5. The Balaban J connectivity index is 1.49. The number of para-hydroxylation sites is 1. The van der Waals surface area contributed by atoms with Gasteiger partial charge in [-0.2, -0.15) is 10.2 Å². The Bertz CT molecular complexity index is 685. The fourth-order valence-electron chi connectivity index (χ4n) is 2.10. The summed E-state index contributed by atoms with van der Waals surface area (Å²) in [5.74, 6) is 0.861. The van der Waals surface area contributed by atoms with E-state index in [1.807, 2.05) is 54.3 Å². The summed E-state index contributed by atoms with van der Waals surface area (Å²) in [6.07, 6.45) is 4.52.